The molecule has 0 bridgehead atoms. The molecule has 2 heterocycles. The topological polar surface area (TPSA) is 152 Å². The Morgan fingerprint density at radius 3 is 2.43 bits per heavy atom. The lowest BCUT2D eigenvalue weighted by Gasteiger charge is -2.21. The molecule has 1 aromatic carbocycles. The van der Waals surface area contributed by atoms with Crippen LogP contribution in [0.25, 0.3) is 0 Å². The molecule has 35 heavy (non-hydrogen) atoms. The summed E-state index contributed by atoms with van der Waals surface area (Å²) in [6, 6.07) is 4.93. The monoisotopic (exact) mass is 490 g/mol. The molecule has 12 heteroatoms. The summed E-state index contributed by atoms with van der Waals surface area (Å²) in [6.45, 7) is 2.86. The number of ether oxygens (including phenoxy) is 2. The van der Waals surface area contributed by atoms with Gasteiger partial charge in [-0.05, 0) is 38.0 Å². The molecule has 0 radical (unpaired) electrons. The number of halogens is 1. The number of hydrogen-bond acceptors (Lipinski definition) is 8. The average Bonchev–Trinajstić information content (AvgIpc) is 3.43. The van der Waals surface area contributed by atoms with Gasteiger partial charge in [0.1, 0.15) is 23.2 Å². The second-order valence-corrected chi connectivity index (χ2v) is 8.36. The minimum atomic E-state index is -1.10. The number of ketones is 1. The van der Waals surface area contributed by atoms with Crippen molar-refractivity contribution in [2.75, 3.05) is 26.9 Å². The van der Waals surface area contributed by atoms with E-state index in [1.165, 1.54) is 37.4 Å². The van der Waals surface area contributed by atoms with Crippen molar-refractivity contribution in [2.24, 2.45) is 0 Å². The Hall–Kier alpha value is -3.64. The fraction of sp³-hybridized carbons (Fsp3) is 0.435. The van der Waals surface area contributed by atoms with E-state index < -0.39 is 47.8 Å². The van der Waals surface area contributed by atoms with E-state index >= 15 is 0 Å². The lowest BCUT2D eigenvalue weighted by Crippen LogP contribution is -2.53. The minimum absolute atomic E-state index is 0.00733. The smallest absolute Gasteiger partial charge is 0.274 e. The summed E-state index contributed by atoms with van der Waals surface area (Å²) in [7, 11) is 1.35. The molecule has 188 valence electrons. The first kappa shape index (κ1) is 26.0. The third-order valence-electron chi connectivity index (χ3n) is 5.34. The lowest BCUT2D eigenvalue weighted by molar-refractivity contribution is -0.131. The average molecular weight is 490 g/mol. The van der Waals surface area contributed by atoms with Gasteiger partial charge in [0.2, 0.25) is 11.8 Å². The third-order valence-corrected chi connectivity index (χ3v) is 5.34. The van der Waals surface area contributed by atoms with E-state index in [0.29, 0.717) is 11.3 Å². The second kappa shape index (κ2) is 11.2. The summed E-state index contributed by atoms with van der Waals surface area (Å²) >= 11 is 0. The van der Waals surface area contributed by atoms with Gasteiger partial charge in [0.25, 0.3) is 5.91 Å². The maximum Gasteiger partial charge on any atom is 0.274 e. The summed E-state index contributed by atoms with van der Waals surface area (Å²) in [5.41, 5.74) is -0.356. The van der Waals surface area contributed by atoms with Gasteiger partial charge in [-0.25, -0.2) is 4.39 Å². The van der Waals surface area contributed by atoms with E-state index in [1.807, 2.05) is 0 Å². The van der Waals surface area contributed by atoms with E-state index in [2.05, 4.69) is 21.1 Å². The summed E-state index contributed by atoms with van der Waals surface area (Å²) in [5.74, 6) is -2.26. The zero-order valence-corrected chi connectivity index (χ0v) is 19.6. The van der Waals surface area contributed by atoms with Crippen LogP contribution in [0.2, 0.25) is 0 Å². The van der Waals surface area contributed by atoms with Crippen LogP contribution in [-0.4, -0.2) is 73.2 Å². The molecule has 0 aliphatic carbocycles. The van der Waals surface area contributed by atoms with Crippen molar-refractivity contribution in [3.8, 4) is 0 Å². The quantitative estimate of drug-likeness (QED) is 0.354. The largest absolute Gasteiger partial charge is 0.382 e. The Morgan fingerprint density at radius 1 is 1.17 bits per heavy atom. The predicted molar refractivity (Wildman–Crippen MR) is 119 cm³/mol. The number of amides is 3. The first-order valence-electron chi connectivity index (χ1n) is 10.8. The van der Waals surface area contributed by atoms with Gasteiger partial charge in [-0.15, -0.1) is 0 Å². The number of nitrogens with one attached hydrogen (secondary N) is 3. The maximum atomic E-state index is 13.2. The van der Waals surface area contributed by atoms with Gasteiger partial charge in [0, 0.05) is 13.2 Å². The molecule has 0 saturated carbocycles. The molecule has 1 aromatic heterocycles. The zero-order valence-electron chi connectivity index (χ0n) is 19.6. The Kier molecular flexibility index (Phi) is 8.30. The van der Waals surface area contributed by atoms with Gasteiger partial charge < -0.3 is 29.9 Å². The molecular weight excluding hydrogens is 463 g/mol. The van der Waals surface area contributed by atoms with E-state index in [9.17, 15) is 23.6 Å². The van der Waals surface area contributed by atoms with Crippen LogP contribution < -0.4 is 16.0 Å². The van der Waals surface area contributed by atoms with Crippen LogP contribution in [0.15, 0.2) is 34.9 Å². The fourth-order valence-electron chi connectivity index (χ4n) is 3.28. The Labute approximate surface area is 200 Å². The number of benzene rings is 1. The second-order valence-electron chi connectivity index (χ2n) is 8.36. The first-order chi connectivity index (χ1) is 16.6. The van der Waals surface area contributed by atoms with Crippen molar-refractivity contribution in [1.29, 1.82) is 0 Å². The van der Waals surface area contributed by atoms with Crippen molar-refractivity contribution in [3.05, 3.63) is 53.2 Å². The molecular formula is C23H27FN4O7. The number of aromatic nitrogens is 1. The fourth-order valence-corrected chi connectivity index (χ4v) is 3.28. The van der Waals surface area contributed by atoms with E-state index in [0.717, 1.165) is 0 Å². The molecule has 11 nitrogen and oxygen atoms in total. The lowest BCUT2D eigenvalue weighted by atomic mass is 9.95. The molecule has 0 spiro atoms. The van der Waals surface area contributed by atoms with Crippen molar-refractivity contribution >= 4 is 23.5 Å². The number of nitrogens with zero attached hydrogens (tertiary/aromatic N) is 1. The van der Waals surface area contributed by atoms with Gasteiger partial charge >= 0.3 is 0 Å². The molecule has 1 saturated heterocycles. The third kappa shape index (κ3) is 7.17. The highest BCUT2D eigenvalue weighted by atomic mass is 19.1. The number of carbonyl (C=O) groups is 4. The summed E-state index contributed by atoms with van der Waals surface area (Å²) in [4.78, 5) is 50.3. The number of carbonyl (C=O) groups excluding carboxylic acids is 4. The molecule has 3 amide bonds. The Balaban J connectivity index is 1.58. The normalized spacial score (nSPS) is 18.3. The van der Waals surface area contributed by atoms with Crippen LogP contribution in [0, 0.1) is 12.7 Å². The number of epoxide rings is 1. The molecule has 1 aliphatic heterocycles. The molecule has 2 aromatic rings. The number of aryl methyl sites for hydroxylation is 1. The SMILES string of the molecule is COC[C@H](NC(=O)c1cc(C)on1)C(=O)NCC(=O)N[C@@H](Cc1ccc(F)cc1)C(=O)[C@@]1(C)CO1. The molecule has 1 fully saturated rings. The molecule has 3 rings (SSSR count). The van der Waals surface area contributed by atoms with Gasteiger partial charge in [0.05, 0.1) is 25.8 Å². The van der Waals surface area contributed by atoms with Crippen molar-refractivity contribution in [1.82, 2.24) is 21.1 Å². The van der Waals surface area contributed by atoms with Gasteiger partial charge in [0.15, 0.2) is 11.5 Å². The maximum absolute atomic E-state index is 13.2. The highest BCUT2D eigenvalue weighted by molar-refractivity contribution is 5.98. The van der Waals surface area contributed by atoms with Crippen LogP contribution in [0.3, 0.4) is 0 Å². The summed E-state index contributed by atoms with van der Waals surface area (Å²) in [6.07, 6.45) is 0.122. The van der Waals surface area contributed by atoms with Gasteiger partial charge in [-0.3, -0.25) is 19.2 Å². The summed E-state index contributed by atoms with van der Waals surface area (Å²) in [5, 5.41) is 11.1. The number of methoxy groups -OCH3 is 1. The molecule has 3 atom stereocenters. The highest BCUT2D eigenvalue weighted by Crippen LogP contribution is 2.29. The number of Topliss-reactive ketones (excluding diaryl/α,β-unsaturated/α-hetero) is 1. The van der Waals surface area contributed by atoms with E-state index in [4.69, 9.17) is 14.0 Å². The van der Waals surface area contributed by atoms with Crippen LogP contribution in [-0.2, 0) is 30.3 Å². The van der Waals surface area contributed by atoms with Crippen LogP contribution in [0.1, 0.15) is 28.7 Å². The standard InChI is InChI=1S/C23H27FN4O7/c1-13-8-17(28-35-13)22(32)27-18(11-33-3)21(31)25-10-19(29)26-16(20(30)23(2)12-34-23)9-14-4-6-15(24)7-5-14/h4-8,16,18H,9-12H2,1-3H3,(H,25,31)(H,26,29)(H,27,32)/t16-,18-,23+/m0/s1. The van der Waals surface area contributed by atoms with Crippen molar-refractivity contribution < 1.29 is 37.6 Å². The van der Waals surface area contributed by atoms with Crippen LogP contribution in [0.5, 0.6) is 0 Å². The van der Waals surface area contributed by atoms with Crippen molar-refractivity contribution in [2.45, 2.75) is 38.0 Å². The Bertz CT molecular complexity index is 1080. The molecule has 3 N–H and O–H groups in total. The van der Waals surface area contributed by atoms with Crippen LogP contribution in [0.4, 0.5) is 4.39 Å². The number of hydrogen-bond donors (Lipinski definition) is 3. The van der Waals surface area contributed by atoms with E-state index in [1.54, 1.807) is 13.8 Å². The number of rotatable bonds is 12. The van der Waals surface area contributed by atoms with Gasteiger partial charge in [-0.2, -0.15) is 0 Å². The highest BCUT2D eigenvalue weighted by Gasteiger charge is 2.50. The zero-order chi connectivity index (χ0) is 25.6. The van der Waals surface area contributed by atoms with Crippen molar-refractivity contribution in [3.63, 3.8) is 0 Å². The van der Waals surface area contributed by atoms with Crippen LogP contribution >= 0.6 is 0 Å². The predicted octanol–water partition coefficient (Wildman–Crippen LogP) is 0.0686. The Morgan fingerprint density at radius 2 is 1.86 bits per heavy atom. The van der Waals surface area contributed by atoms with Gasteiger partial charge in [-0.1, -0.05) is 17.3 Å². The first-order valence-corrected chi connectivity index (χ1v) is 10.8. The van der Waals surface area contributed by atoms with E-state index in [-0.39, 0.29) is 31.1 Å². The summed E-state index contributed by atoms with van der Waals surface area (Å²) < 4.78 is 28.3. The molecule has 0 unspecified atom stereocenters. The minimum Gasteiger partial charge on any atom is -0.382 e. The molecule has 1 aliphatic rings.